The third-order valence-electron chi connectivity index (χ3n) is 5.94. The Kier molecular flexibility index (Phi) is 4.86. The first-order valence-corrected chi connectivity index (χ1v) is 9.86. The summed E-state index contributed by atoms with van der Waals surface area (Å²) in [6.45, 7) is 4.12. The molecule has 1 aromatic heterocycles. The molecule has 1 aromatic carbocycles. The Balaban J connectivity index is 1.46. The first-order chi connectivity index (χ1) is 13.0. The molecular formula is C20H24ClN3O3. The van der Waals surface area contributed by atoms with E-state index in [0.717, 1.165) is 43.2 Å². The monoisotopic (exact) mass is 389 g/mol. The van der Waals surface area contributed by atoms with E-state index in [1.165, 1.54) is 0 Å². The number of aryl methyl sites for hydroxylation is 1. The molecule has 2 aliphatic rings. The van der Waals surface area contributed by atoms with Crippen molar-refractivity contribution < 1.29 is 14.0 Å². The second kappa shape index (κ2) is 7.17. The number of nitrogens with two attached hydrogens (primary N) is 1. The van der Waals surface area contributed by atoms with Gasteiger partial charge >= 0.3 is 0 Å². The maximum Gasteiger partial charge on any atom is 0.289 e. The first kappa shape index (κ1) is 18.3. The fourth-order valence-corrected chi connectivity index (χ4v) is 4.65. The van der Waals surface area contributed by atoms with Crippen LogP contribution in [-0.4, -0.2) is 53.3 Å². The molecule has 0 bridgehead atoms. The van der Waals surface area contributed by atoms with E-state index in [1.807, 2.05) is 17.9 Å². The van der Waals surface area contributed by atoms with Crippen molar-refractivity contribution in [2.45, 2.75) is 44.7 Å². The van der Waals surface area contributed by atoms with Crippen molar-refractivity contribution in [3.63, 3.8) is 0 Å². The van der Waals surface area contributed by atoms with Gasteiger partial charge in [0.2, 0.25) is 5.91 Å². The van der Waals surface area contributed by atoms with Crippen LogP contribution in [0, 0.1) is 6.92 Å². The standard InChI is InChI=1S/C20H24ClN3O3/c1-12-15-11-13(21)4-5-17(15)27-18(12)20(26)23-9-6-14(7-10-23)24-8-2-3-16(24)19(22)25/h4-5,11,14,16H,2-3,6-10H2,1H3,(H2,22,25)/t16-/m1/s1. The van der Waals surface area contributed by atoms with Gasteiger partial charge in [-0.2, -0.15) is 0 Å². The molecule has 144 valence electrons. The van der Waals surface area contributed by atoms with E-state index in [1.54, 1.807) is 12.1 Å². The highest BCUT2D eigenvalue weighted by Crippen LogP contribution is 2.30. The van der Waals surface area contributed by atoms with Gasteiger partial charge < -0.3 is 15.1 Å². The summed E-state index contributed by atoms with van der Waals surface area (Å²) in [7, 11) is 0. The molecule has 0 radical (unpaired) electrons. The van der Waals surface area contributed by atoms with Crippen LogP contribution < -0.4 is 5.73 Å². The minimum atomic E-state index is -0.234. The third-order valence-corrected chi connectivity index (χ3v) is 6.17. The fraction of sp³-hybridized carbons (Fsp3) is 0.500. The van der Waals surface area contributed by atoms with Gasteiger partial charge in [-0.1, -0.05) is 11.6 Å². The molecule has 2 fully saturated rings. The molecule has 0 spiro atoms. The number of amides is 2. The number of hydrogen-bond donors (Lipinski definition) is 1. The van der Waals surface area contributed by atoms with Crippen LogP contribution in [0.1, 0.15) is 41.8 Å². The van der Waals surface area contributed by atoms with Gasteiger partial charge in [0, 0.05) is 35.1 Å². The lowest BCUT2D eigenvalue weighted by Crippen LogP contribution is -2.51. The van der Waals surface area contributed by atoms with Gasteiger partial charge in [0.05, 0.1) is 6.04 Å². The van der Waals surface area contributed by atoms with Crippen molar-refractivity contribution in [2.24, 2.45) is 5.73 Å². The van der Waals surface area contributed by atoms with Crippen LogP contribution in [0.2, 0.25) is 5.02 Å². The number of nitrogens with zero attached hydrogens (tertiary/aromatic N) is 2. The van der Waals surface area contributed by atoms with Crippen LogP contribution in [0.4, 0.5) is 0 Å². The van der Waals surface area contributed by atoms with Crippen LogP contribution in [0.3, 0.4) is 0 Å². The Morgan fingerprint density at radius 3 is 2.63 bits per heavy atom. The zero-order valence-electron chi connectivity index (χ0n) is 15.4. The zero-order chi connectivity index (χ0) is 19.1. The maximum absolute atomic E-state index is 13.0. The van der Waals surface area contributed by atoms with Gasteiger partial charge in [0.1, 0.15) is 5.58 Å². The number of carbonyl (C=O) groups excluding carboxylic acids is 2. The van der Waals surface area contributed by atoms with Crippen LogP contribution in [-0.2, 0) is 4.79 Å². The van der Waals surface area contributed by atoms with Gasteiger partial charge in [-0.05, 0) is 57.4 Å². The summed E-state index contributed by atoms with van der Waals surface area (Å²) in [6.07, 6.45) is 3.55. The lowest BCUT2D eigenvalue weighted by Gasteiger charge is -2.38. The van der Waals surface area contributed by atoms with Crippen LogP contribution in [0.15, 0.2) is 22.6 Å². The summed E-state index contributed by atoms with van der Waals surface area (Å²) in [5.41, 5.74) is 7.05. The van der Waals surface area contributed by atoms with Crippen LogP contribution in [0.5, 0.6) is 0 Å². The summed E-state index contributed by atoms with van der Waals surface area (Å²) in [4.78, 5) is 28.7. The van der Waals surface area contributed by atoms with E-state index in [-0.39, 0.29) is 17.9 Å². The third kappa shape index (κ3) is 3.32. The maximum atomic E-state index is 13.0. The molecule has 2 N–H and O–H groups in total. The number of likely N-dealkylation sites (tertiary alicyclic amines) is 2. The smallest absolute Gasteiger partial charge is 0.289 e. The van der Waals surface area contributed by atoms with Gasteiger partial charge in [0.15, 0.2) is 5.76 Å². The SMILES string of the molecule is Cc1c(C(=O)N2CCC(N3CCC[C@@H]3C(N)=O)CC2)oc2ccc(Cl)cc12. The van der Waals surface area contributed by atoms with E-state index < -0.39 is 0 Å². The highest BCUT2D eigenvalue weighted by molar-refractivity contribution is 6.31. The Morgan fingerprint density at radius 2 is 1.93 bits per heavy atom. The average Bonchev–Trinajstić information content (AvgIpc) is 3.27. The highest BCUT2D eigenvalue weighted by atomic mass is 35.5. The molecule has 4 rings (SSSR count). The topological polar surface area (TPSA) is 79.8 Å². The number of halogens is 1. The number of primary amides is 1. The molecule has 6 nitrogen and oxygen atoms in total. The van der Waals surface area contributed by atoms with Crippen molar-refractivity contribution in [2.75, 3.05) is 19.6 Å². The van der Waals surface area contributed by atoms with Crippen molar-refractivity contribution >= 4 is 34.4 Å². The van der Waals surface area contributed by atoms with Gasteiger partial charge in [0.25, 0.3) is 5.91 Å². The number of rotatable bonds is 3. The molecule has 0 unspecified atom stereocenters. The van der Waals surface area contributed by atoms with E-state index in [9.17, 15) is 9.59 Å². The second-order valence-electron chi connectivity index (χ2n) is 7.52. The number of fused-ring (bicyclic) bond motifs is 1. The van der Waals surface area contributed by atoms with Gasteiger partial charge in [-0.3, -0.25) is 14.5 Å². The molecule has 3 heterocycles. The minimum Gasteiger partial charge on any atom is -0.451 e. The zero-order valence-corrected chi connectivity index (χ0v) is 16.2. The molecule has 1 atom stereocenters. The van der Waals surface area contributed by atoms with E-state index in [0.29, 0.717) is 35.5 Å². The summed E-state index contributed by atoms with van der Waals surface area (Å²) >= 11 is 6.07. The molecule has 0 aliphatic carbocycles. The molecule has 2 aromatic rings. The number of furan rings is 1. The lowest BCUT2D eigenvalue weighted by atomic mass is 10.0. The lowest BCUT2D eigenvalue weighted by molar-refractivity contribution is -0.123. The average molecular weight is 390 g/mol. The predicted molar refractivity (Wildman–Crippen MR) is 104 cm³/mol. The highest BCUT2D eigenvalue weighted by Gasteiger charge is 2.37. The molecule has 27 heavy (non-hydrogen) atoms. The van der Waals surface area contributed by atoms with Crippen molar-refractivity contribution in [3.8, 4) is 0 Å². The van der Waals surface area contributed by atoms with E-state index in [4.69, 9.17) is 21.8 Å². The molecule has 2 saturated heterocycles. The van der Waals surface area contributed by atoms with E-state index >= 15 is 0 Å². The molecule has 2 aliphatic heterocycles. The second-order valence-corrected chi connectivity index (χ2v) is 7.95. The molecule has 7 heteroatoms. The number of carbonyl (C=O) groups is 2. The largest absolute Gasteiger partial charge is 0.451 e. The Morgan fingerprint density at radius 1 is 1.19 bits per heavy atom. The summed E-state index contributed by atoms with van der Waals surface area (Å²) < 4.78 is 5.82. The number of piperidine rings is 1. The normalized spacial score (nSPS) is 21.9. The van der Waals surface area contributed by atoms with Crippen molar-refractivity contribution in [1.29, 1.82) is 0 Å². The predicted octanol–water partition coefficient (Wildman–Crippen LogP) is 2.95. The summed E-state index contributed by atoms with van der Waals surface area (Å²) in [5, 5.41) is 1.50. The summed E-state index contributed by atoms with van der Waals surface area (Å²) in [5.74, 6) is 0.0793. The van der Waals surface area contributed by atoms with Crippen LogP contribution in [0.25, 0.3) is 11.0 Å². The molecular weight excluding hydrogens is 366 g/mol. The number of benzene rings is 1. The van der Waals surface area contributed by atoms with Crippen LogP contribution >= 0.6 is 11.6 Å². The first-order valence-electron chi connectivity index (χ1n) is 9.48. The fourth-order valence-electron chi connectivity index (χ4n) is 4.47. The van der Waals surface area contributed by atoms with Gasteiger partial charge in [-0.15, -0.1) is 0 Å². The Hall–Kier alpha value is -2.05. The van der Waals surface area contributed by atoms with Gasteiger partial charge in [-0.25, -0.2) is 0 Å². The van der Waals surface area contributed by atoms with E-state index in [2.05, 4.69) is 4.90 Å². The van der Waals surface area contributed by atoms with Crippen molar-refractivity contribution in [3.05, 3.63) is 34.5 Å². The molecule has 2 amide bonds. The summed E-state index contributed by atoms with van der Waals surface area (Å²) in [6, 6.07) is 5.54. The minimum absolute atomic E-state index is 0.0776. The number of hydrogen-bond acceptors (Lipinski definition) is 4. The Labute approximate surface area is 163 Å². The Bertz CT molecular complexity index is 886. The molecule has 0 saturated carbocycles. The van der Waals surface area contributed by atoms with Crippen molar-refractivity contribution in [1.82, 2.24) is 9.80 Å². The quantitative estimate of drug-likeness (QED) is 0.875.